The van der Waals surface area contributed by atoms with Gasteiger partial charge in [-0.15, -0.1) is 0 Å². The van der Waals surface area contributed by atoms with Crippen molar-refractivity contribution in [2.24, 2.45) is 5.92 Å². The quantitative estimate of drug-likeness (QED) is 0.830. The molecule has 4 rings (SSSR count). The van der Waals surface area contributed by atoms with Crippen LogP contribution in [0.2, 0.25) is 0 Å². The van der Waals surface area contributed by atoms with Crippen LogP contribution in [0.4, 0.5) is 5.95 Å². The Hall–Kier alpha value is -2.15. The lowest BCUT2D eigenvalue weighted by Gasteiger charge is -2.33. The van der Waals surface area contributed by atoms with Crippen LogP contribution in [0.15, 0.2) is 24.3 Å². The van der Waals surface area contributed by atoms with Gasteiger partial charge in [-0.25, -0.2) is 4.68 Å². The molecule has 1 aliphatic carbocycles. The lowest BCUT2D eigenvalue weighted by Crippen LogP contribution is -2.44. The highest BCUT2D eigenvalue weighted by Gasteiger charge is 2.36. The van der Waals surface area contributed by atoms with Crippen LogP contribution in [0.1, 0.15) is 18.4 Å². The summed E-state index contributed by atoms with van der Waals surface area (Å²) in [6.45, 7) is 3.12. The van der Waals surface area contributed by atoms with Gasteiger partial charge in [0.25, 0.3) is 0 Å². The van der Waals surface area contributed by atoms with Crippen molar-refractivity contribution in [1.29, 1.82) is 0 Å². The average molecular weight is 315 g/mol. The van der Waals surface area contributed by atoms with E-state index in [0.717, 1.165) is 42.9 Å². The van der Waals surface area contributed by atoms with Gasteiger partial charge in [0.15, 0.2) is 0 Å². The molecule has 0 amide bonds. The molecule has 7 heteroatoms. The second kappa shape index (κ2) is 6.16. The highest BCUT2D eigenvalue weighted by Crippen LogP contribution is 2.36. The van der Waals surface area contributed by atoms with Crippen molar-refractivity contribution in [2.45, 2.75) is 25.5 Å². The van der Waals surface area contributed by atoms with Gasteiger partial charge in [0.2, 0.25) is 5.95 Å². The Bertz CT molecular complexity index is 653. The number of anilines is 1. The molecule has 1 aromatic carbocycles. The van der Waals surface area contributed by atoms with Crippen LogP contribution in [-0.2, 0) is 11.3 Å². The third-order valence-corrected chi connectivity index (χ3v) is 4.53. The standard InChI is InChI=1S/C16H21N5O2/c1-22-14-6-2-12(3-7-14)10-21-16(17-18-19-21)20-8-9-23-15(11-20)13-4-5-13/h2-3,6-7,13,15H,4-5,8-11H2,1H3. The molecule has 1 saturated carbocycles. The number of morpholine rings is 1. The first-order valence-corrected chi connectivity index (χ1v) is 8.09. The number of ether oxygens (including phenoxy) is 2. The summed E-state index contributed by atoms with van der Waals surface area (Å²) in [7, 11) is 1.67. The summed E-state index contributed by atoms with van der Waals surface area (Å²) >= 11 is 0. The van der Waals surface area contributed by atoms with Gasteiger partial charge in [0.05, 0.1) is 26.4 Å². The summed E-state index contributed by atoms with van der Waals surface area (Å²) < 4.78 is 12.9. The van der Waals surface area contributed by atoms with E-state index in [4.69, 9.17) is 9.47 Å². The number of methoxy groups -OCH3 is 1. The third-order valence-electron chi connectivity index (χ3n) is 4.53. The Balaban J connectivity index is 1.48. The molecule has 1 saturated heterocycles. The summed E-state index contributed by atoms with van der Waals surface area (Å²) in [4.78, 5) is 2.25. The minimum absolute atomic E-state index is 0.329. The maximum Gasteiger partial charge on any atom is 0.246 e. The fourth-order valence-electron chi connectivity index (χ4n) is 3.04. The first-order valence-electron chi connectivity index (χ1n) is 8.09. The van der Waals surface area contributed by atoms with Crippen LogP contribution in [0.3, 0.4) is 0 Å². The molecule has 0 bridgehead atoms. The zero-order valence-corrected chi connectivity index (χ0v) is 13.3. The van der Waals surface area contributed by atoms with Gasteiger partial charge >= 0.3 is 0 Å². The van der Waals surface area contributed by atoms with Gasteiger partial charge in [-0.1, -0.05) is 17.2 Å². The molecule has 7 nitrogen and oxygen atoms in total. The Morgan fingerprint density at radius 2 is 2.09 bits per heavy atom. The first kappa shape index (κ1) is 14.4. The minimum atomic E-state index is 0.329. The molecule has 2 heterocycles. The number of hydrogen-bond acceptors (Lipinski definition) is 6. The van der Waals surface area contributed by atoms with Crippen molar-refractivity contribution in [3.05, 3.63) is 29.8 Å². The Kier molecular flexibility index (Phi) is 3.87. The van der Waals surface area contributed by atoms with E-state index in [9.17, 15) is 0 Å². The Morgan fingerprint density at radius 3 is 2.83 bits per heavy atom. The maximum absolute atomic E-state index is 5.88. The molecule has 1 unspecified atom stereocenters. The van der Waals surface area contributed by atoms with Crippen molar-refractivity contribution >= 4 is 5.95 Å². The van der Waals surface area contributed by atoms with E-state index in [1.54, 1.807) is 7.11 Å². The monoisotopic (exact) mass is 315 g/mol. The van der Waals surface area contributed by atoms with E-state index in [1.807, 2.05) is 28.9 Å². The lowest BCUT2D eigenvalue weighted by atomic mass is 10.2. The fraction of sp³-hybridized carbons (Fsp3) is 0.562. The number of aromatic nitrogens is 4. The Morgan fingerprint density at radius 1 is 1.26 bits per heavy atom. The highest BCUT2D eigenvalue weighted by molar-refractivity contribution is 5.32. The third kappa shape index (κ3) is 3.14. The van der Waals surface area contributed by atoms with E-state index in [-0.39, 0.29) is 0 Å². The van der Waals surface area contributed by atoms with Gasteiger partial charge in [-0.2, -0.15) is 0 Å². The molecule has 2 fully saturated rings. The van der Waals surface area contributed by atoms with Crippen molar-refractivity contribution in [3.63, 3.8) is 0 Å². The molecule has 1 atom stereocenters. The van der Waals surface area contributed by atoms with Crippen molar-refractivity contribution < 1.29 is 9.47 Å². The molecule has 122 valence electrons. The zero-order valence-electron chi connectivity index (χ0n) is 13.3. The molecule has 2 aliphatic rings. The number of hydrogen-bond donors (Lipinski definition) is 0. The minimum Gasteiger partial charge on any atom is -0.497 e. The normalized spacial score (nSPS) is 21.4. The molecule has 0 radical (unpaired) electrons. The molecule has 1 aromatic heterocycles. The van der Waals surface area contributed by atoms with Gasteiger partial charge in [-0.05, 0) is 46.9 Å². The van der Waals surface area contributed by atoms with Gasteiger partial charge in [0.1, 0.15) is 5.75 Å². The van der Waals surface area contributed by atoms with Crippen LogP contribution in [0, 0.1) is 5.92 Å². The number of rotatable bonds is 5. The van der Waals surface area contributed by atoms with E-state index in [1.165, 1.54) is 12.8 Å². The topological polar surface area (TPSA) is 65.3 Å². The predicted molar refractivity (Wildman–Crippen MR) is 84.6 cm³/mol. The SMILES string of the molecule is COc1ccc(Cn2nnnc2N2CCOC(C3CC3)C2)cc1. The summed E-state index contributed by atoms with van der Waals surface area (Å²) in [6, 6.07) is 7.99. The Labute approximate surface area is 135 Å². The molecule has 1 aliphatic heterocycles. The van der Waals surface area contributed by atoms with E-state index < -0.39 is 0 Å². The fourth-order valence-corrected chi connectivity index (χ4v) is 3.04. The van der Waals surface area contributed by atoms with Crippen LogP contribution >= 0.6 is 0 Å². The smallest absolute Gasteiger partial charge is 0.246 e. The van der Waals surface area contributed by atoms with Crippen molar-refractivity contribution in [3.8, 4) is 5.75 Å². The van der Waals surface area contributed by atoms with Crippen LogP contribution < -0.4 is 9.64 Å². The van der Waals surface area contributed by atoms with Gasteiger partial charge < -0.3 is 14.4 Å². The summed E-state index contributed by atoms with van der Waals surface area (Å²) in [5.41, 5.74) is 1.14. The van der Waals surface area contributed by atoms with Crippen molar-refractivity contribution in [1.82, 2.24) is 20.2 Å². The van der Waals surface area contributed by atoms with E-state index in [0.29, 0.717) is 12.6 Å². The largest absolute Gasteiger partial charge is 0.497 e. The predicted octanol–water partition coefficient (Wildman–Crippen LogP) is 1.35. The second-order valence-electron chi connectivity index (χ2n) is 6.18. The number of nitrogens with zero attached hydrogens (tertiary/aromatic N) is 5. The highest BCUT2D eigenvalue weighted by atomic mass is 16.5. The van der Waals surface area contributed by atoms with E-state index in [2.05, 4.69) is 20.4 Å². The van der Waals surface area contributed by atoms with Crippen LogP contribution in [0.25, 0.3) is 0 Å². The van der Waals surface area contributed by atoms with E-state index >= 15 is 0 Å². The average Bonchev–Trinajstić information content (AvgIpc) is 3.36. The number of benzene rings is 1. The first-order chi connectivity index (χ1) is 11.3. The van der Waals surface area contributed by atoms with Crippen LogP contribution in [0.5, 0.6) is 5.75 Å². The second-order valence-corrected chi connectivity index (χ2v) is 6.18. The van der Waals surface area contributed by atoms with Gasteiger partial charge in [0, 0.05) is 13.1 Å². The summed E-state index contributed by atoms with van der Waals surface area (Å²) in [6.07, 6.45) is 2.90. The maximum atomic E-state index is 5.88. The molecular weight excluding hydrogens is 294 g/mol. The summed E-state index contributed by atoms with van der Waals surface area (Å²) in [5.74, 6) is 2.41. The summed E-state index contributed by atoms with van der Waals surface area (Å²) in [5, 5.41) is 12.3. The molecule has 0 spiro atoms. The molecule has 2 aromatic rings. The molecule has 0 N–H and O–H groups in total. The molecule has 23 heavy (non-hydrogen) atoms. The number of tetrazole rings is 1. The van der Waals surface area contributed by atoms with Crippen molar-refractivity contribution in [2.75, 3.05) is 31.7 Å². The zero-order chi connectivity index (χ0) is 15.6. The molecular formula is C16H21N5O2. The van der Waals surface area contributed by atoms with Crippen LogP contribution in [-0.4, -0.2) is 53.1 Å². The van der Waals surface area contributed by atoms with Gasteiger partial charge in [-0.3, -0.25) is 0 Å². The lowest BCUT2D eigenvalue weighted by molar-refractivity contribution is 0.0256.